The minimum absolute atomic E-state index is 0.318. The maximum Gasteiger partial charge on any atom is 0.110 e. The van der Waals surface area contributed by atoms with E-state index in [0.29, 0.717) is 6.23 Å². The molecular weight excluding hydrogens is 186 g/mol. The predicted molar refractivity (Wildman–Crippen MR) is 61.5 cm³/mol. The summed E-state index contributed by atoms with van der Waals surface area (Å²) in [5.74, 6) is 0. The van der Waals surface area contributed by atoms with Crippen molar-refractivity contribution in [2.75, 3.05) is 13.7 Å². The van der Waals surface area contributed by atoms with Crippen LogP contribution in [0.1, 0.15) is 24.8 Å². The lowest BCUT2D eigenvalue weighted by atomic mass is 10.1. The average molecular weight is 205 g/mol. The van der Waals surface area contributed by atoms with Crippen LogP contribution < -0.4 is 0 Å². The monoisotopic (exact) mass is 205 g/mol. The third-order valence-electron chi connectivity index (χ3n) is 3.05. The van der Waals surface area contributed by atoms with E-state index in [2.05, 4.69) is 35.2 Å². The summed E-state index contributed by atoms with van der Waals surface area (Å²) in [4.78, 5) is 2.43. The van der Waals surface area contributed by atoms with Gasteiger partial charge in [-0.2, -0.15) is 0 Å². The zero-order valence-corrected chi connectivity index (χ0v) is 9.36. The molecule has 15 heavy (non-hydrogen) atoms. The Hall–Kier alpha value is -0.860. The van der Waals surface area contributed by atoms with Gasteiger partial charge in [-0.05, 0) is 24.8 Å². The van der Waals surface area contributed by atoms with Crippen LogP contribution in [0.25, 0.3) is 0 Å². The van der Waals surface area contributed by atoms with Gasteiger partial charge in [-0.3, -0.25) is 4.90 Å². The molecule has 0 radical (unpaired) electrons. The molecular formula is C13H19NO. The fraction of sp³-hybridized carbons (Fsp3) is 0.538. The van der Waals surface area contributed by atoms with Gasteiger partial charge >= 0.3 is 0 Å². The van der Waals surface area contributed by atoms with E-state index in [9.17, 15) is 0 Å². The van der Waals surface area contributed by atoms with Gasteiger partial charge < -0.3 is 4.74 Å². The molecule has 0 N–H and O–H groups in total. The van der Waals surface area contributed by atoms with Crippen molar-refractivity contribution in [2.24, 2.45) is 0 Å². The Morgan fingerprint density at radius 3 is 2.80 bits per heavy atom. The number of benzene rings is 1. The molecule has 2 nitrogen and oxygen atoms in total. The van der Waals surface area contributed by atoms with Crippen molar-refractivity contribution in [1.82, 2.24) is 4.90 Å². The number of likely N-dealkylation sites (tertiary alicyclic amines) is 1. The van der Waals surface area contributed by atoms with Gasteiger partial charge in [0.1, 0.15) is 6.23 Å². The molecule has 0 amide bonds. The summed E-state index contributed by atoms with van der Waals surface area (Å²) in [6, 6.07) is 10.6. The molecule has 0 aromatic heterocycles. The molecule has 0 saturated carbocycles. The van der Waals surface area contributed by atoms with Crippen LogP contribution in [0.2, 0.25) is 0 Å². The Labute approximate surface area is 91.9 Å². The lowest BCUT2D eigenvalue weighted by Gasteiger charge is -2.34. The van der Waals surface area contributed by atoms with Crippen LogP contribution in [-0.4, -0.2) is 24.8 Å². The van der Waals surface area contributed by atoms with E-state index >= 15 is 0 Å². The molecule has 1 atom stereocenters. The fourth-order valence-corrected chi connectivity index (χ4v) is 2.23. The molecule has 1 aromatic rings. The Kier molecular flexibility index (Phi) is 3.75. The Balaban J connectivity index is 1.97. The first-order valence-corrected chi connectivity index (χ1v) is 5.71. The van der Waals surface area contributed by atoms with Crippen LogP contribution in [0, 0.1) is 0 Å². The second kappa shape index (κ2) is 5.29. The zero-order valence-electron chi connectivity index (χ0n) is 9.36. The van der Waals surface area contributed by atoms with E-state index in [-0.39, 0.29) is 0 Å². The molecule has 1 fully saturated rings. The van der Waals surface area contributed by atoms with Crippen LogP contribution in [0.3, 0.4) is 0 Å². The Bertz CT molecular complexity index is 286. The van der Waals surface area contributed by atoms with Crippen molar-refractivity contribution in [2.45, 2.75) is 32.0 Å². The van der Waals surface area contributed by atoms with Crippen LogP contribution in [0.4, 0.5) is 0 Å². The smallest absolute Gasteiger partial charge is 0.110 e. The molecule has 1 aliphatic rings. The predicted octanol–water partition coefficient (Wildman–Crippen LogP) is 2.65. The van der Waals surface area contributed by atoms with E-state index in [1.165, 1.54) is 24.8 Å². The lowest BCUT2D eigenvalue weighted by Crippen LogP contribution is -2.39. The van der Waals surface area contributed by atoms with Gasteiger partial charge in [-0.1, -0.05) is 30.3 Å². The highest BCUT2D eigenvalue weighted by molar-refractivity contribution is 5.14. The zero-order chi connectivity index (χ0) is 10.5. The molecule has 0 bridgehead atoms. The van der Waals surface area contributed by atoms with Gasteiger partial charge in [0.15, 0.2) is 0 Å². The maximum atomic E-state index is 5.50. The van der Waals surface area contributed by atoms with E-state index in [4.69, 9.17) is 4.74 Å². The number of methoxy groups -OCH3 is 1. The summed E-state index contributed by atoms with van der Waals surface area (Å²) in [6.07, 6.45) is 4.08. The maximum absolute atomic E-state index is 5.50. The topological polar surface area (TPSA) is 12.5 Å². The summed E-state index contributed by atoms with van der Waals surface area (Å²) in [5.41, 5.74) is 1.38. The number of piperidine rings is 1. The number of hydrogen-bond acceptors (Lipinski definition) is 2. The van der Waals surface area contributed by atoms with Crippen molar-refractivity contribution in [3.8, 4) is 0 Å². The van der Waals surface area contributed by atoms with E-state index in [1.54, 1.807) is 0 Å². The average Bonchev–Trinajstić information content (AvgIpc) is 2.31. The summed E-state index contributed by atoms with van der Waals surface area (Å²) in [7, 11) is 1.81. The van der Waals surface area contributed by atoms with Crippen molar-refractivity contribution in [1.29, 1.82) is 0 Å². The minimum Gasteiger partial charge on any atom is -0.366 e. The third-order valence-corrected chi connectivity index (χ3v) is 3.05. The molecule has 82 valence electrons. The van der Waals surface area contributed by atoms with Crippen molar-refractivity contribution in [3.63, 3.8) is 0 Å². The van der Waals surface area contributed by atoms with Gasteiger partial charge in [0.25, 0.3) is 0 Å². The van der Waals surface area contributed by atoms with Crippen LogP contribution >= 0.6 is 0 Å². The van der Waals surface area contributed by atoms with Crippen LogP contribution in [0.5, 0.6) is 0 Å². The molecule has 2 rings (SSSR count). The lowest BCUT2D eigenvalue weighted by molar-refractivity contribution is -0.0599. The van der Waals surface area contributed by atoms with Gasteiger partial charge in [0, 0.05) is 20.2 Å². The van der Waals surface area contributed by atoms with Crippen LogP contribution in [-0.2, 0) is 11.3 Å². The molecule has 0 spiro atoms. The Morgan fingerprint density at radius 2 is 2.07 bits per heavy atom. The molecule has 1 heterocycles. The van der Waals surface area contributed by atoms with Gasteiger partial charge in [-0.15, -0.1) is 0 Å². The second-order valence-corrected chi connectivity index (χ2v) is 4.14. The SMILES string of the molecule is COC1CCCCN1Cc1ccccc1. The standard InChI is InChI=1S/C13H19NO/c1-15-13-9-5-6-10-14(13)11-12-7-3-2-4-8-12/h2-4,7-8,13H,5-6,9-11H2,1H3. The highest BCUT2D eigenvalue weighted by Crippen LogP contribution is 2.19. The molecule has 1 saturated heterocycles. The van der Waals surface area contributed by atoms with E-state index in [1.807, 2.05) is 7.11 Å². The first-order chi connectivity index (χ1) is 7.40. The van der Waals surface area contributed by atoms with Gasteiger partial charge in [0.05, 0.1) is 0 Å². The summed E-state index contributed by atoms with van der Waals surface area (Å²) >= 11 is 0. The quantitative estimate of drug-likeness (QED) is 0.752. The molecule has 2 heteroatoms. The fourth-order valence-electron chi connectivity index (χ4n) is 2.23. The van der Waals surface area contributed by atoms with Gasteiger partial charge in [-0.25, -0.2) is 0 Å². The molecule has 1 aliphatic heterocycles. The first-order valence-electron chi connectivity index (χ1n) is 5.71. The van der Waals surface area contributed by atoms with Crippen LogP contribution in [0.15, 0.2) is 30.3 Å². The highest BCUT2D eigenvalue weighted by atomic mass is 16.5. The van der Waals surface area contributed by atoms with Gasteiger partial charge in [0.2, 0.25) is 0 Å². The number of rotatable bonds is 3. The normalized spacial score (nSPS) is 22.9. The molecule has 0 aliphatic carbocycles. The van der Waals surface area contributed by atoms with E-state index in [0.717, 1.165) is 13.1 Å². The summed E-state index contributed by atoms with van der Waals surface area (Å²) in [6.45, 7) is 2.17. The van der Waals surface area contributed by atoms with Crippen molar-refractivity contribution in [3.05, 3.63) is 35.9 Å². The summed E-state index contributed by atoms with van der Waals surface area (Å²) < 4.78 is 5.50. The molecule has 1 aromatic carbocycles. The largest absolute Gasteiger partial charge is 0.366 e. The van der Waals surface area contributed by atoms with E-state index < -0.39 is 0 Å². The Morgan fingerprint density at radius 1 is 1.27 bits per heavy atom. The first kappa shape index (κ1) is 10.7. The number of nitrogens with zero attached hydrogens (tertiary/aromatic N) is 1. The number of ether oxygens (including phenoxy) is 1. The summed E-state index contributed by atoms with van der Waals surface area (Å²) in [5, 5.41) is 0. The second-order valence-electron chi connectivity index (χ2n) is 4.14. The third kappa shape index (κ3) is 2.80. The van der Waals surface area contributed by atoms with Crippen molar-refractivity contribution < 1.29 is 4.74 Å². The molecule has 1 unspecified atom stereocenters. The van der Waals surface area contributed by atoms with Crippen molar-refractivity contribution >= 4 is 0 Å². The highest BCUT2D eigenvalue weighted by Gasteiger charge is 2.21. The minimum atomic E-state index is 0.318. The number of hydrogen-bond donors (Lipinski definition) is 0.